The number of nitrogens with one attached hydrogen (secondary N) is 1. The first kappa shape index (κ1) is 11.8. The maximum absolute atomic E-state index is 12.0. The molecule has 1 heterocycles. The summed E-state index contributed by atoms with van der Waals surface area (Å²) in [7, 11) is 1.52. The lowest BCUT2D eigenvalue weighted by Crippen LogP contribution is -2.28. The van der Waals surface area contributed by atoms with Crippen molar-refractivity contribution in [3.8, 4) is 0 Å². The average molecular weight is 245 g/mol. The Labute approximate surface area is 103 Å². The van der Waals surface area contributed by atoms with Gasteiger partial charge >= 0.3 is 5.97 Å². The zero-order valence-corrected chi connectivity index (χ0v) is 9.62. The topological polar surface area (TPSA) is 86.3 Å². The van der Waals surface area contributed by atoms with Crippen molar-refractivity contribution in [1.82, 2.24) is 9.97 Å². The third-order valence-electron chi connectivity index (χ3n) is 2.53. The molecule has 0 aliphatic carbocycles. The average Bonchev–Trinajstić information content (AvgIpc) is 2.90. The second-order valence-corrected chi connectivity index (χ2v) is 3.65. The summed E-state index contributed by atoms with van der Waals surface area (Å²) in [6.07, 6.45) is 2.78. The van der Waals surface area contributed by atoms with Crippen LogP contribution in [0.2, 0.25) is 0 Å². The lowest BCUT2D eigenvalue weighted by atomic mass is 10.1. The van der Waals surface area contributed by atoms with Crippen molar-refractivity contribution >= 4 is 17.6 Å². The number of para-hydroxylation sites is 1. The van der Waals surface area contributed by atoms with E-state index in [0.29, 0.717) is 11.4 Å². The highest BCUT2D eigenvalue weighted by Gasteiger charge is 2.19. The Morgan fingerprint density at radius 1 is 1.33 bits per heavy atom. The van der Waals surface area contributed by atoms with Crippen LogP contribution in [0, 0.1) is 0 Å². The first-order valence-electron chi connectivity index (χ1n) is 5.20. The van der Waals surface area contributed by atoms with Gasteiger partial charge in [0, 0.05) is 7.05 Å². The Morgan fingerprint density at radius 2 is 2.06 bits per heavy atom. The summed E-state index contributed by atoms with van der Waals surface area (Å²) in [5, 5.41) is 9.07. The van der Waals surface area contributed by atoms with Crippen LogP contribution in [0.3, 0.4) is 0 Å². The number of imidazole rings is 1. The molecule has 0 aliphatic heterocycles. The van der Waals surface area contributed by atoms with E-state index in [-0.39, 0.29) is 11.5 Å². The van der Waals surface area contributed by atoms with Crippen LogP contribution >= 0.6 is 0 Å². The van der Waals surface area contributed by atoms with Crippen LogP contribution in [0.5, 0.6) is 0 Å². The fraction of sp³-hybridized carbons (Fsp3) is 0.0833. The molecule has 0 saturated heterocycles. The quantitative estimate of drug-likeness (QED) is 0.855. The van der Waals surface area contributed by atoms with Gasteiger partial charge in [0.15, 0.2) is 0 Å². The monoisotopic (exact) mass is 245 g/mol. The molecule has 0 radical (unpaired) electrons. The first-order chi connectivity index (χ1) is 8.61. The Kier molecular flexibility index (Phi) is 3.09. The normalized spacial score (nSPS) is 10.1. The molecule has 0 saturated carbocycles. The van der Waals surface area contributed by atoms with E-state index >= 15 is 0 Å². The summed E-state index contributed by atoms with van der Waals surface area (Å²) in [6.45, 7) is 0. The van der Waals surface area contributed by atoms with E-state index in [2.05, 4.69) is 9.97 Å². The van der Waals surface area contributed by atoms with Crippen LogP contribution < -0.4 is 4.90 Å². The number of amides is 1. The predicted molar refractivity (Wildman–Crippen MR) is 64.7 cm³/mol. The molecule has 6 heteroatoms. The number of aromatic carboxylic acids is 1. The second-order valence-electron chi connectivity index (χ2n) is 3.65. The van der Waals surface area contributed by atoms with E-state index in [0.717, 1.165) is 0 Å². The van der Waals surface area contributed by atoms with Gasteiger partial charge in [-0.2, -0.15) is 0 Å². The maximum Gasteiger partial charge on any atom is 0.337 e. The van der Waals surface area contributed by atoms with Crippen LogP contribution in [-0.4, -0.2) is 34.0 Å². The van der Waals surface area contributed by atoms with Crippen molar-refractivity contribution in [3.05, 3.63) is 48.0 Å². The highest BCUT2D eigenvalue weighted by molar-refractivity contribution is 6.07. The molecule has 0 spiro atoms. The van der Waals surface area contributed by atoms with Gasteiger partial charge in [-0.05, 0) is 12.1 Å². The van der Waals surface area contributed by atoms with Crippen molar-refractivity contribution in [2.24, 2.45) is 0 Å². The molecule has 0 fully saturated rings. The second kappa shape index (κ2) is 4.70. The Hall–Kier alpha value is -2.63. The van der Waals surface area contributed by atoms with Crippen LogP contribution in [-0.2, 0) is 0 Å². The fourth-order valence-corrected chi connectivity index (χ4v) is 1.61. The lowest BCUT2D eigenvalue weighted by molar-refractivity contribution is 0.0697. The third kappa shape index (κ3) is 2.08. The number of nitrogens with zero attached hydrogens (tertiary/aromatic N) is 2. The number of rotatable bonds is 3. The zero-order valence-electron chi connectivity index (χ0n) is 9.62. The van der Waals surface area contributed by atoms with E-state index in [9.17, 15) is 9.59 Å². The number of hydrogen-bond donors (Lipinski definition) is 2. The molecule has 2 aromatic rings. The minimum Gasteiger partial charge on any atom is -0.478 e. The van der Waals surface area contributed by atoms with Crippen LogP contribution in [0.1, 0.15) is 20.8 Å². The van der Waals surface area contributed by atoms with Gasteiger partial charge in [-0.1, -0.05) is 12.1 Å². The number of aromatic nitrogens is 2. The molecule has 2 N–H and O–H groups in total. The molecule has 1 aromatic heterocycles. The number of hydrogen-bond acceptors (Lipinski definition) is 3. The molecule has 0 aliphatic rings. The van der Waals surface area contributed by atoms with Gasteiger partial charge in [-0.15, -0.1) is 0 Å². The Balaban J connectivity index is 2.37. The van der Waals surface area contributed by atoms with Crippen LogP contribution in [0.15, 0.2) is 36.8 Å². The number of carbonyl (C=O) groups excluding carboxylic acids is 1. The van der Waals surface area contributed by atoms with Gasteiger partial charge in [0.05, 0.1) is 23.8 Å². The first-order valence-corrected chi connectivity index (χ1v) is 5.20. The number of carboxylic acid groups (broad SMARTS) is 1. The van der Waals surface area contributed by atoms with Gasteiger partial charge in [0.1, 0.15) is 5.69 Å². The van der Waals surface area contributed by atoms with Crippen molar-refractivity contribution < 1.29 is 14.7 Å². The minimum atomic E-state index is -1.07. The molecule has 92 valence electrons. The largest absolute Gasteiger partial charge is 0.478 e. The Morgan fingerprint density at radius 3 is 2.67 bits per heavy atom. The molecule has 0 unspecified atom stereocenters. The summed E-state index contributed by atoms with van der Waals surface area (Å²) in [5.74, 6) is -1.42. The molecule has 18 heavy (non-hydrogen) atoms. The van der Waals surface area contributed by atoms with Crippen LogP contribution in [0.25, 0.3) is 0 Å². The van der Waals surface area contributed by atoms with E-state index < -0.39 is 5.97 Å². The van der Waals surface area contributed by atoms with E-state index in [1.165, 1.54) is 30.5 Å². The zero-order chi connectivity index (χ0) is 13.1. The maximum atomic E-state index is 12.0. The molecule has 0 atom stereocenters. The summed E-state index contributed by atoms with van der Waals surface area (Å²) >= 11 is 0. The van der Waals surface area contributed by atoms with Gasteiger partial charge in [-0.25, -0.2) is 9.78 Å². The fourth-order valence-electron chi connectivity index (χ4n) is 1.61. The number of aromatic amines is 1. The summed E-state index contributed by atoms with van der Waals surface area (Å²) in [6, 6.07) is 6.33. The molecule has 2 rings (SSSR count). The summed E-state index contributed by atoms with van der Waals surface area (Å²) < 4.78 is 0. The lowest BCUT2D eigenvalue weighted by Gasteiger charge is -2.18. The van der Waals surface area contributed by atoms with Crippen molar-refractivity contribution in [2.45, 2.75) is 0 Å². The number of carbonyl (C=O) groups is 2. The van der Waals surface area contributed by atoms with Gasteiger partial charge in [-0.3, -0.25) is 4.79 Å². The molecular formula is C12H11N3O3. The standard InChI is InChI=1S/C12H11N3O3/c1-15(11(16)9-6-13-7-14-9)10-5-3-2-4-8(10)12(17)18/h2-7H,1H3,(H,13,14)(H,17,18). The number of benzene rings is 1. The Bertz CT molecular complexity index is 578. The molecular weight excluding hydrogens is 234 g/mol. The highest BCUT2D eigenvalue weighted by Crippen LogP contribution is 2.20. The third-order valence-corrected chi connectivity index (χ3v) is 2.53. The molecule has 6 nitrogen and oxygen atoms in total. The minimum absolute atomic E-state index is 0.0767. The molecule has 1 aromatic carbocycles. The van der Waals surface area contributed by atoms with E-state index in [1.807, 2.05) is 0 Å². The smallest absolute Gasteiger partial charge is 0.337 e. The number of anilines is 1. The summed E-state index contributed by atoms with van der Waals surface area (Å²) in [4.78, 5) is 30.8. The number of carboxylic acids is 1. The number of H-pyrrole nitrogens is 1. The van der Waals surface area contributed by atoms with Gasteiger partial charge in [0.2, 0.25) is 0 Å². The van der Waals surface area contributed by atoms with Crippen LogP contribution in [0.4, 0.5) is 5.69 Å². The highest BCUT2D eigenvalue weighted by atomic mass is 16.4. The molecule has 1 amide bonds. The SMILES string of the molecule is CN(C(=O)c1cnc[nH]1)c1ccccc1C(=O)O. The van der Waals surface area contributed by atoms with Crippen molar-refractivity contribution in [1.29, 1.82) is 0 Å². The summed E-state index contributed by atoms with van der Waals surface area (Å²) in [5.41, 5.74) is 0.718. The van der Waals surface area contributed by atoms with Gasteiger partial charge < -0.3 is 15.0 Å². The van der Waals surface area contributed by atoms with Crippen molar-refractivity contribution in [2.75, 3.05) is 11.9 Å². The predicted octanol–water partition coefficient (Wildman–Crippen LogP) is 1.38. The van der Waals surface area contributed by atoms with Crippen molar-refractivity contribution in [3.63, 3.8) is 0 Å². The van der Waals surface area contributed by atoms with Gasteiger partial charge in [0.25, 0.3) is 5.91 Å². The molecule has 0 bridgehead atoms. The van der Waals surface area contributed by atoms with E-state index in [1.54, 1.807) is 18.2 Å². The van der Waals surface area contributed by atoms with E-state index in [4.69, 9.17) is 5.11 Å².